The van der Waals surface area contributed by atoms with Crippen LogP contribution in [0.4, 0.5) is 0 Å². The minimum Gasteiger partial charge on any atom is -0.497 e. The molecule has 0 fully saturated rings. The molecule has 0 aliphatic heterocycles. The molecule has 0 aromatic heterocycles. The number of aliphatic hydroxyl groups excluding tert-OH is 1. The third kappa shape index (κ3) is 4.21. The van der Waals surface area contributed by atoms with E-state index in [1.807, 2.05) is 38.1 Å². The van der Waals surface area contributed by atoms with E-state index < -0.39 is 0 Å². The fourth-order valence-electron chi connectivity index (χ4n) is 1.34. The summed E-state index contributed by atoms with van der Waals surface area (Å²) in [6.07, 6.45) is -0.279. The van der Waals surface area contributed by atoms with Crippen molar-refractivity contribution in [2.75, 3.05) is 13.7 Å². The van der Waals surface area contributed by atoms with Gasteiger partial charge in [-0.05, 0) is 23.6 Å². The molecule has 0 bridgehead atoms. The van der Waals surface area contributed by atoms with E-state index in [1.54, 1.807) is 7.11 Å². The molecule has 0 aliphatic carbocycles. The van der Waals surface area contributed by atoms with E-state index in [2.05, 4.69) is 5.32 Å². The van der Waals surface area contributed by atoms with Crippen LogP contribution in [0.15, 0.2) is 24.3 Å². The Morgan fingerprint density at radius 1 is 1.25 bits per heavy atom. The summed E-state index contributed by atoms with van der Waals surface area (Å²) in [6.45, 7) is 5.43. The molecule has 2 N–H and O–H groups in total. The number of aliphatic hydroxyl groups is 1. The normalized spacial score (nSPS) is 12.8. The minimum absolute atomic E-state index is 0.279. The first-order chi connectivity index (χ1) is 7.63. The highest BCUT2D eigenvalue weighted by atomic mass is 16.5. The topological polar surface area (TPSA) is 41.5 Å². The quantitative estimate of drug-likeness (QED) is 0.772. The summed E-state index contributed by atoms with van der Waals surface area (Å²) < 4.78 is 5.08. The van der Waals surface area contributed by atoms with E-state index in [0.717, 1.165) is 12.3 Å². The molecule has 1 aromatic carbocycles. The number of nitrogens with one attached hydrogen (secondary N) is 1. The Balaban J connectivity index is 2.31. The summed E-state index contributed by atoms with van der Waals surface area (Å²) in [4.78, 5) is 0. The minimum atomic E-state index is -0.279. The molecule has 1 aromatic rings. The molecule has 3 heteroatoms. The van der Waals surface area contributed by atoms with Crippen molar-refractivity contribution in [1.29, 1.82) is 0 Å². The van der Waals surface area contributed by atoms with Gasteiger partial charge in [0.25, 0.3) is 0 Å². The van der Waals surface area contributed by atoms with Crippen molar-refractivity contribution in [3.63, 3.8) is 0 Å². The molecule has 3 nitrogen and oxygen atoms in total. The van der Waals surface area contributed by atoms with Crippen LogP contribution >= 0.6 is 0 Å². The molecule has 0 saturated heterocycles. The highest BCUT2D eigenvalue weighted by Gasteiger charge is 2.07. The molecule has 0 saturated carbocycles. The lowest BCUT2D eigenvalue weighted by molar-refractivity contribution is 0.123. The highest BCUT2D eigenvalue weighted by molar-refractivity contribution is 5.26. The third-order valence-electron chi connectivity index (χ3n) is 2.61. The summed E-state index contributed by atoms with van der Waals surface area (Å²) in [5, 5.41) is 12.8. The Hall–Kier alpha value is -1.06. The molecule has 0 spiro atoms. The molecule has 0 radical (unpaired) electrons. The van der Waals surface area contributed by atoms with Crippen LogP contribution in [0, 0.1) is 5.92 Å². The van der Waals surface area contributed by atoms with E-state index in [1.165, 1.54) is 5.56 Å². The van der Waals surface area contributed by atoms with Gasteiger partial charge in [-0.1, -0.05) is 26.0 Å². The molecular weight excluding hydrogens is 202 g/mol. The Labute approximate surface area is 97.4 Å². The average Bonchev–Trinajstić information content (AvgIpc) is 2.29. The zero-order valence-corrected chi connectivity index (χ0v) is 10.2. The van der Waals surface area contributed by atoms with E-state index in [0.29, 0.717) is 12.5 Å². The smallest absolute Gasteiger partial charge is 0.118 e. The highest BCUT2D eigenvalue weighted by Crippen LogP contribution is 2.11. The van der Waals surface area contributed by atoms with Crippen LogP contribution < -0.4 is 10.1 Å². The lowest BCUT2D eigenvalue weighted by atomic mass is 10.1. The standard InChI is InChI=1S/C13H21NO2/c1-10(2)13(15)9-14-8-11-4-6-12(16-3)7-5-11/h4-7,10,13-15H,8-9H2,1-3H3. The van der Waals surface area contributed by atoms with Crippen LogP contribution in [0.1, 0.15) is 19.4 Å². The molecule has 1 rings (SSSR count). The average molecular weight is 223 g/mol. The maximum atomic E-state index is 9.60. The number of methoxy groups -OCH3 is 1. The van der Waals surface area contributed by atoms with Crippen molar-refractivity contribution >= 4 is 0 Å². The van der Waals surface area contributed by atoms with Gasteiger partial charge in [0, 0.05) is 13.1 Å². The number of hydrogen-bond acceptors (Lipinski definition) is 3. The van der Waals surface area contributed by atoms with E-state index >= 15 is 0 Å². The summed E-state index contributed by atoms with van der Waals surface area (Å²) in [6, 6.07) is 7.92. The summed E-state index contributed by atoms with van der Waals surface area (Å²) in [7, 11) is 1.66. The number of benzene rings is 1. The van der Waals surface area contributed by atoms with E-state index in [9.17, 15) is 5.11 Å². The Morgan fingerprint density at radius 3 is 2.38 bits per heavy atom. The van der Waals surface area contributed by atoms with Gasteiger partial charge in [0.15, 0.2) is 0 Å². The van der Waals surface area contributed by atoms with Gasteiger partial charge in [-0.15, -0.1) is 0 Å². The largest absolute Gasteiger partial charge is 0.497 e. The van der Waals surface area contributed by atoms with Crippen LogP contribution in [0.25, 0.3) is 0 Å². The van der Waals surface area contributed by atoms with Crippen molar-refractivity contribution in [1.82, 2.24) is 5.32 Å². The first-order valence-corrected chi connectivity index (χ1v) is 5.65. The van der Waals surface area contributed by atoms with Crippen LogP contribution in [-0.2, 0) is 6.54 Å². The van der Waals surface area contributed by atoms with Crippen LogP contribution in [0.3, 0.4) is 0 Å². The van der Waals surface area contributed by atoms with Gasteiger partial charge in [0.2, 0.25) is 0 Å². The molecule has 90 valence electrons. The zero-order valence-electron chi connectivity index (χ0n) is 10.2. The fraction of sp³-hybridized carbons (Fsp3) is 0.538. The predicted molar refractivity (Wildman–Crippen MR) is 65.5 cm³/mol. The molecule has 16 heavy (non-hydrogen) atoms. The summed E-state index contributed by atoms with van der Waals surface area (Å²) in [5.74, 6) is 1.16. The van der Waals surface area contributed by atoms with Gasteiger partial charge in [-0.25, -0.2) is 0 Å². The van der Waals surface area contributed by atoms with Crippen molar-refractivity contribution in [2.45, 2.75) is 26.5 Å². The SMILES string of the molecule is COc1ccc(CNCC(O)C(C)C)cc1. The van der Waals surface area contributed by atoms with Crippen LogP contribution in [-0.4, -0.2) is 24.9 Å². The fourth-order valence-corrected chi connectivity index (χ4v) is 1.34. The number of ether oxygens (including phenoxy) is 1. The molecule has 1 unspecified atom stereocenters. The van der Waals surface area contributed by atoms with Crippen molar-refractivity contribution in [3.8, 4) is 5.75 Å². The van der Waals surface area contributed by atoms with Gasteiger partial charge in [0.05, 0.1) is 13.2 Å². The molecule has 0 heterocycles. The van der Waals surface area contributed by atoms with E-state index in [4.69, 9.17) is 4.74 Å². The third-order valence-corrected chi connectivity index (χ3v) is 2.61. The Kier molecular flexibility index (Phi) is 5.29. The van der Waals surface area contributed by atoms with Crippen molar-refractivity contribution in [2.24, 2.45) is 5.92 Å². The van der Waals surface area contributed by atoms with Gasteiger partial charge < -0.3 is 15.2 Å². The molecule has 0 amide bonds. The maximum absolute atomic E-state index is 9.60. The lowest BCUT2D eigenvalue weighted by Crippen LogP contribution is -2.30. The van der Waals surface area contributed by atoms with Gasteiger partial charge in [0.1, 0.15) is 5.75 Å². The second-order valence-electron chi connectivity index (χ2n) is 4.29. The number of hydrogen-bond donors (Lipinski definition) is 2. The zero-order chi connectivity index (χ0) is 12.0. The Morgan fingerprint density at radius 2 is 1.88 bits per heavy atom. The Bertz CT molecular complexity index is 295. The second kappa shape index (κ2) is 6.51. The second-order valence-corrected chi connectivity index (χ2v) is 4.29. The molecule has 0 aliphatic rings. The predicted octanol–water partition coefficient (Wildman–Crippen LogP) is 1.80. The number of rotatable bonds is 6. The summed E-state index contributed by atoms with van der Waals surface area (Å²) >= 11 is 0. The van der Waals surface area contributed by atoms with Crippen molar-refractivity contribution < 1.29 is 9.84 Å². The summed E-state index contributed by atoms with van der Waals surface area (Å²) in [5.41, 5.74) is 1.19. The molecular formula is C13H21NO2. The van der Waals surface area contributed by atoms with Gasteiger partial charge in [-0.3, -0.25) is 0 Å². The first-order valence-electron chi connectivity index (χ1n) is 5.65. The maximum Gasteiger partial charge on any atom is 0.118 e. The molecule has 1 atom stereocenters. The first kappa shape index (κ1) is 13.0. The monoisotopic (exact) mass is 223 g/mol. The van der Waals surface area contributed by atoms with Gasteiger partial charge in [-0.2, -0.15) is 0 Å². The van der Waals surface area contributed by atoms with Crippen LogP contribution in [0.5, 0.6) is 5.75 Å². The lowest BCUT2D eigenvalue weighted by Gasteiger charge is -2.15. The van der Waals surface area contributed by atoms with Crippen molar-refractivity contribution in [3.05, 3.63) is 29.8 Å². The van der Waals surface area contributed by atoms with Crippen LogP contribution in [0.2, 0.25) is 0 Å². The van der Waals surface area contributed by atoms with E-state index in [-0.39, 0.29) is 6.10 Å². The van der Waals surface area contributed by atoms with Gasteiger partial charge >= 0.3 is 0 Å².